The minimum Gasteiger partial charge on any atom is -0.464 e. The maximum Gasteiger partial charge on any atom is 0.328 e. The summed E-state index contributed by atoms with van der Waals surface area (Å²) in [5.41, 5.74) is 3.57. The molecule has 0 aliphatic carbocycles. The predicted molar refractivity (Wildman–Crippen MR) is 172 cm³/mol. The van der Waals surface area contributed by atoms with Crippen LogP contribution >= 0.6 is 0 Å². The molecule has 2 aromatic carbocycles. The molecule has 0 aliphatic rings. The van der Waals surface area contributed by atoms with Crippen molar-refractivity contribution in [1.82, 2.24) is 30.7 Å². The third-order valence-corrected chi connectivity index (χ3v) is 7.21. The van der Waals surface area contributed by atoms with E-state index >= 15 is 0 Å². The number of aryl methyl sites for hydroxylation is 2. The lowest BCUT2D eigenvalue weighted by molar-refractivity contribution is -0.147. The van der Waals surface area contributed by atoms with Crippen molar-refractivity contribution in [2.75, 3.05) is 26.2 Å². The van der Waals surface area contributed by atoms with E-state index < -0.39 is 12.0 Å². The van der Waals surface area contributed by atoms with Crippen LogP contribution in [-0.2, 0) is 33.7 Å². The molecule has 3 aromatic rings. The van der Waals surface area contributed by atoms with Gasteiger partial charge in [0.05, 0.1) is 13.2 Å². The van der Waals surface area contributed by atoms with Gasteiger partial charge in [0, 0.05) is 38.4 Å². The van der Waals surface area contributed by atoms with Crippen molar-refractivity contribution in [1.29, 1.82) is 0 Å². The second-order valence-electron chi connectivity index (χ2n) is 10.9. The molecule has 0 fully saturated rings. The molecule has 2 amide bonds. The number of aromatic nitrogens is 3. The summed E-state index contributed by atoms with van der Waals surface area (Å²) in [6, 6.07) is 15.2. The van der Waals surface area contributed by atoms with Gasteiger partial charge in [0.1, 0.15) is 11.9 Å². The topological polar surface area (TPSA) is 127 Å². The third-order valence-electron chi connectivity index (χ3n) is 7.21. The van der Waals surface area contributed by atoms with E-state index in [0.29, 0.717) is 38.2 Å². The number of benzene rings is 2. The van der Waals surface area contributed by atoms with E-state index in [2.05, 4.69) is 54.1 Å². The van der Waals surface area contributed by atoms with Crippen LogP contribution in [0.3, 0.4) is 0 Å². The maximum absolute atomic E-state index is 13.1. The van der Waals surface area contributed by atoms with Gasteiger partial charge in [0.2, 0.25) is 5.91 Å². The Bertz CT molecular complexity index is 1340. The highest BCUT2D eigenvalue weighted by atomic mass is 16.5. The van der Waals surface area contributed by atoms with Crippen LogP contribution in [0.25, 0.3) is 11.1 Å². The van der Waals surface area contributed by atoms with Gasteiger partial charge in [0.15, 0.2) is 5.82 Å². The zero-order valence-electron chi connectivity index (χ0n) is 26.7. The third kappa shape index (κ3) is 10.9. The standard InChI is InChI=1S/C34H48N6O4/c1-5-8-14-31-38-32(15-9-6-2)40(39-31)24-26-16-18-27(19-17-26)28-12-10-11-13-29(28)33(42)36-23-22-35-21-20-30(37-25(4)41)34(43)44-7-3/h10-13,16-19,30,35H,5-9,14-15,20-24H2,1-4H3,(H,36,42)(H,37,41). The fourth-order valence-electron chi connectivity index (χ4n) is 4.88. The van der Waals surface area contributed by atoms with Gasteiger partial charge in [-0.15, -0.1) is 0 Å². The number of nitrogens with zero attached hydrogens (tertiary/aromatic N) is 3. The second-order valence-corrected chi connectivity index (χ2v) is 10.9. The van der Waals surface area contributed by atoms with Gasteiger partial charge in [0.25, 0.3) is 5.91 Å². The van der Waals surface area contributed by atoms with Gasteiger partial charge >= 0.3 is 5.97 Å². The molecule has 1 heterocycles. The number of amides is 2. The minimum atomic E-state index is -0.699. The highest BCUT2D eigenvalue weighted by Gasteiger charge is 2.20. The van der Waals surface area contributed by atoms with Gasteiger partial charge in [-0.05, 0) is 55.5 Å². The van der Waals surface area contributed by atoms with Crippen LogP contribution in [0.1, 0.15) is 87.4 Å². The van der Waals surface area contributed by atoms with Crippen molar-refractivity contribution >= 4 is 17.8 Å². The van der Waals surface area contributed by atoms with Crippen LogP contribution in [0.4, 0.5) is 0 Å². The van der Waals surface area contributed by atoms with E-state index in [9.17, 15) is 14.4 Å². The Morgan fingerprint density at radius 2 is 1.64 bits per heavy atom. The summed E-state index contributed by atoms with van der Waals surface area (Å²) in [4.78, 5) is 41.4. The fourth-order valence-corrected chi connectivity index (χ4v) is 4.88. The number of esters is 1. The molecule has 10 nitrogen and oxygen atoms in total. The molecule has 1 atom stereocenters. The largest absolute Gasteiger partial charge is 0.464 e. The zero-order chi connectivity index (χ0) is 31.7. The van der Waals surface area contributed by atoms with Crippen LogP contribution in [-0.4, -0.2) is 64.8 Å². The van der Waals surface area contributed by atoms with E-state index in [1.807, 2.05) is 28.9 Å². The van der Waals surface area contributed by atoms with E-state index in [4.69, 9.17) is 14.8 Å². The highest BCUT2D eigenvalue weighted by molar-refractivity contribution is 6.00. The molecule has 1 unspecified atom stereocenters. The van der Waals surface area contributed by atoms with Gasteiger partial charge in [-0.3, -0.25) is 9.59 Å². The number of carbonyl (C=O) groups excluding carboxylic acids is 3. The molecule has 1 aromatic heterocycles. The Morgan fingerprint density at radius 1 is 0.909 bits per heavy atom. The average Bonchev–Trinajstić information content (AvgIpc) is 3.41. The molecule has 0 bridgehead atoms. The number of nitrogens with one attached hydrogen (secondary N) is 3. The number of rotatable bonds is 19. The summed E-state index contributed by atoms with van der Waals surface area (Å²) in [6.45, 7) is 9.79. The van der Waals surface area contributed by atoms with Crippen LogP contribution in [0, 0.1) is 0 Å². The Labute approximate surface area is 261 Å². The van der Waals surface area contributed by atoms with Crippen molar-refractivity contribution in [2.45, 2.75) is 85.2 Å². The van der Waals surface area contributed by atoms with Crippen molar-refractivity contribution < 1.29 is 19.1 Å². The number of carbonyl (C=O) groups is 3. The Balaban J connectivity index is 1.56. The molecule has 0 saturated carbocycles. The fraction of sp³-hybridized carbons (Fsp3) is 0.500. The number of ether oxygens (including phenoxy) is 1. The van der Waals surface area contributed by atoms with Crippen molar-refractivity contribution in [3.05, 3.63) is 71.3 Å². The number of hydrogen-bond donors (Lipinski definition) is 3. The Kier molecular flexibility index (Phi) is 14.5. The normalized spacial score (nSPS) is 11.6. The van der Waals surface area contributed by atoms with E-state index in [1.165, 1.54) is 6.92 Å². The number of unbranched alkanes of at least 4 members (excludes halogenated alkanes) is 2. The Hall–Kier alpha value is -4.05. The highest BCUT2D eigenvalue weighted by Crippen LogP contribution is 2.24. The number of hydrogen-bond acceptors (Lipinski definition) is 7. The molecular weight excluding hydrogens is 556 g/mol. The van der Waals surface area contributed by atoms with Crippen molar-refractivity contribution in [3.8, 4) is 11.1 Å². The SMILES string of the molecule is CCCCc1nc(CCCC)n(Cc2ccc(-c3ccccc3C(=O)NCCNCCC(NC(C)=O)C(=O)OCC)cc2)n1. The molecule has 0 saturated heterocycles. The summed E-state index contributed by atoms with van der Waals surface area (Å²) in [7, 11) is 0. The molecule has 0 radical (unpaired) electrons. The van der Waals surface area contributed by atoms with Crippen LogP contribution < -0.4 is 16.0 Å². The van der Waals surface area contributed by atoms with E-state index in [0.717, 1.165) is 66.9 Å². The van der Waals surface area contributed by atoms with Gasteiger partial charge in [-0.1, -0.05) is 69.2 Å². The molecule has 3 N–H and O–H groups in total. The summed E-state index contributed by atoms with van der Waals surface area (Å²) in [5, 5.41) is 13.6. The average molecular weight is 605 g/mol. The van der Waals surface area contributed by atoms with Gasteiger partial charge < -0.3 is 20.7 Å². The monoisotopic (exact) mass is 604 g/mol. The van der Waals surface area contributed by atoms with E-state index in [-0.39, 0.29) is 18.4 Å². The van der Waals surface area contributed by atoms with Gasteiger partial charge in [-0.25, -0.2) is 14.5 Å². The molecule has 3 rings (SSSR count). The maximum atomic E-state index is 13.1. The summed E-state index contributed by atoms with van der Waals surface area (Å²) in [6.07, 6.45) is 6.65. The molecule has 238 valence electrons. The van der Waals surface area contributed by atoms with Crippen LogP contribution in [0.15, 0.2) is 48.5 Å². The van der Waals surface area contributed by atoms with Crippen LogP contribution in [0.5, 0.6) is 0 Å². The first-order valence-electron chi connectivity index (χ1n) is 15.9. The molecule has 0 spiro atoms. The lowest BCUT2D eigenvalue weighted by Crippen LogP contribution is -2.43. The first-order chi connectivity index (χ1) is 21.4. The minimum absolute atomic E-state index is 0.156. The quantitative estimate of drug-likeness (QED) is 0.136. The van der Waals surface area contributed by atoms with Gasteiger partial charge in [-0.2, -0.15) is 5.10 Å². The summed E-state index contributed by atoms with van der Waals surface area (Å²) < 4.78 is 7.07. The van der Waals surface area contributed by atoms with E-state index in [1.54, 1.807) is 6.92 Å². The first-order valence-corrected chi connectivity index (χ1v) is 15.9. The molecule has 10 heteroatoms. The lowest BCUT2D eigenvalue weighted by Gasteiger charge is -2.16. The summed E-state index contributed by atoms with van der Waals surface area (Å²) >= 11 is 0. The summed E-state index contributed by atoms with van der Waals surface area (Å²) in [5.74, 6) is 1.08. The second kappa shape index (κ2) is 18.6. The van der Waals surface area contributed by atoms with Crippen molar-refractivity contribution in [3.63, 3.8) is 0 Å². The lowest BCUT2D eigenvalue weighted by atomic mass is 9.98. The van der Waals surface area contributed by atoms with Crippen LogP contribution in [0.2, 0.25) is 0 Å². The molecular formula is C34H48N6O4. The molecule has 44 heavy (non-hydrogen) atoms. The molecule has 0 aliphatic heterocycles. The smallest absolute Gasteiger partial charge is 0.328 e. The predicted octanol–water partition coefficient (Wildman–Crippen LogP) is 4.46. The van der Waals surface area contributed by atoms with Crippen molar-refractivity contribution in [2.24, 2.45) is 0 Å². The Morgan fingerprint density at radius 3 is 2.34 bits per heavy atom. The first kappa shape index (κ1) is 34.4. The zero-order valence-corrected chi connectivity index (χ0v) is 26.7.